The minimum atomic E-state index is -0.720. The summed E-state index contributed by atoms with van der Waals surface area (Å²) in [4.78, 5) is 26.8. The quantitative estimate of drug-likeness (QED) is 0.501. The van der Waals surface area contributed by atoms with Gasteiger partial charge in [-0.05, 0) is 66.9 Å². The van der Waals surface area contributed by atoms with Crippen LogP contribution in [0, 0.1) is 5.82 Å². The van der Waals surface area contributed by atoms with Gasteiger partial charge in [0.1, 0.15) is 17.3 Å². The Bertz CT molecular complexity index is 1050. The number of methoxy groups -OCH3 is 1. The van der Waals surface area contributed by atoms with Gasteiger partial charge in [-0.15, -0.1) is 0 Å². The van der Waals surface area contributed by atoms with Gasteiger partial charge < -0.3 is 18.8 Å². The smallest absolute Gasteiger partial charge is 0.374 e. The Morgan fingerprint density at radius 2 is 1.74 bits per heavy atom. The highest BCUT2D eigenvalue weighted by Gasteiger charge is 2.33. The van der Waals surface area contributed by atoms with Gasteiger partial charge in [0.05, 0.1) is 7.11 Å². The Labute approximate surface area is 179 Å². The number of benzene rings is 2. The van der Waals surface area contributed by atoms with Crippen molar-refractivity contribution in [1.29, 1.82) is 0 Å². The summed E-state index contributed by atoms with van der Waals surface area (Å²) in [5, 5.41) is 0. The summed E-state index contributed by atoms with van der Waals surface area (Å²) in [5.41, 5.74) is 1.61. The highest BCUT2D eigenvalue weighted by molar-refractivity contribution is 5.89. The first-order valence-corrected chi connectivity index (χ1v) is 9.99. The normalized spacial score (nSPS) is 13.0. The molecule has 1 fully saturated rings. The second kappa shape index (κ2) is 9.04. The molecule has 1 aliphatic carbocycles. The largest absolute Gasteiger partial charge is 0.497 e. The van der Waals surface area contributed by atoms with E-state index in [-0.39, 0.29) is 30.1 Å². The second-order valence-electron chi connectivity index (χ2n) is 7.35. The van der Waals surface area contributed by atoms with Gasteiger partial charge in [0, 0.05) is 18.2 Å². The molecule has 6 nitrogen and oxygen atoms in total. The van der Waals surface area contributed by atoms with Crippen molar-refractivity contribution >= 4 is 11.9 Å². The van der Waals surface area contributed by atoms with E-state index in [4.69, 9.17) is 13.9 Å². The molecule has 0 atom stereocenters. The number of ether oxygens (including phenoxy) is 2. The van der Waals surface area contributed by atoms with Crippen molar-refractivity contribution < 1.29 is 27.9 Å². The fourth-order valence-electron chi connectivity index (χ4n) is 3.23. The third-order valence-electron chi connectivity index (χ3n) is 5.08. The van der Waals surface area contributed by atoms with Crippen LogP contribution in [0.3, 0.4) is 0 Å². The first-order chi connectivity index (χ1) is 15.0. The molecule has 1 heterocycles. The third kappa shape index (κ3) is 5.12. The van der Waals surface area contributed by atoms with Crippen molar-refractivity contribution in [3.63, 3.8) is 0 Å². The number of amides is 1. The van der Waals surface area contributed by atoms with Crippen LogP contribution in [0.2, 0.25) is 0 Å². The molecule has 1 aromatic heterocycles. The number of esters is 1. The maximum absolute atomic E-state index is 13.1. The van der Waals surface area contributed by atoms with Crippen molar-refractivity contribution in [2.45, 2.75) is 25.4 Å². The van der Waals surface area contributed by atoms with Gasteiger partial charge in [0.2, 0.25) is 5.76 Å². The number of hydrogen-bond donors (Lipinski definition) is 0. The van der Waals surface area contributed by atoms with Crippen LogP contribution in [0.5, 0.6) is 5.75 Å². The first kappa shape index (κ1) is 20.7. The van der Waals surface area contributed by atoms with Crippen LogP contribution in [0.4, 0.5) is 4.39 Å². The van der Waals surface area contributed by atoms with E-state index in [1.807, 2.05) is 24.3 Å². The van der Waals surface area contributed by atoms with E-state index < -0.39 is 5.97 Å². The molecule has 2 aromatic carbocycles. The van der Waals surface area contributed by atoms with Crippen molar-refractivity contribution in [3.05, 3.63) is 77.8 Å². The van der Waals surface area contributed by atoms with Crippen LogP contribution in [-0.2, 0) is 16.1 Å². The van der Waals surface area contributed by atoms with Gasteiger partial charge in [-0.1, -0.05) is 12.1 Å². The average molecular weight is 423 g/mol. The molecule has 0 N–H and O–H groups in total. The van der Waals surface area contributed by atoms with Crippen LogP contribution in [-0.4, -0.2) is 36.5 Å². The summed E-state index contributed by atoms with van der Waals surface area (Å²) >= 11 is 0. The van der Waals surface area contributed by atoms with E-state index in [0.717, 1.165) is 24.2 Å². The topological polar surface area (TPSA) is 69.0 Å². The molecular formula is C24H22FNO5. The summed E-state index contributed by atoms with van der Waals surface area (Å²) in [6, 6.07) is 16.5. The highest BCUT2D eigenvalue weighted by Crippen LogP contribution is 2.29. The minimum absolute atomic E-state index is 0.0137. The molecule has 3 aromatic rings. The Hall–Kier alpha value is -3.61. The van der Waals surface area contributed by atoms with E-state index in [9.17, 15) is 14.0 Å². The van der Waals surface area contributed by atoms with Gasteiger partial charge in [-0.25, -0.2) is 9.18 Å². The van der Waals surface area contributed by atoms with Gasteiger partial charge in [-0.3, -0.25) is 4.79 Å². The average Bonchev–Trinajstić information content (AvgIpc) is 3.51. The lowest BCUT2D eigenvalue weighted by molar-refractivity contribution is -0.135. The van der Waals surface area contributed by atoms with Crippen LogP contribution in [0.15, 0.2) is 65.1 Å². The van der Waals surface area contributed by atoms with Crippen molar-refractivity contribution in [2.24, 2.45) is 0 Å². The van der Waals surface area contributed by atoms with Crippen LogP contribution in [0.25, 0.3) is 11.3 Å². The lowest BCUT2D eigenvalue weighted by atomic mass is 10.2. The van der Waals surface area contributed by atoms with Gasteiger partial charge in [0.25, 0.3) is 5.91 Å². The number of nitrogens with zero attached hydrogens (tertiary/aromatic N) is 1. The van der Waals surface area contributed by atoms with Crippen molar-refractivity contribution in [1.82, 2.24) is 4.90 Å². The molecule has 1 amide bonds. The zero-order chi connectivity index (χ0) is 21.8. The number of hydrogen-bond acceptors (Lipinski definition) is 5. The molecule has 7 heteroatoms. The molecule has 0 unspecified atom stereocenters. The zero-order valence-corrected chi connectivity index (χ0v) is 17.0. The predicted molar refractivity (Wildman–Crippen MR) is 111 cm³/mol. The van der Waals surface area contributed by atoms with Crippen LogP contribution >= 0.6 is 0 Å². The fraction of sp³-hybridized carbons (Fsp3) is 0.250. The van der Waals surface area contributed by atoms with Gasteiger partial charge in [0.15, 0.2) is 6.61 Å². The van der Waals surface area contributed by atoms with Crippen LogP contribution in [0.1, 0.15) is 29.0 Å². The molecule has 0 saturated heterocycles. The molecule has 4 rings (SSSR count). The monoisotopic (exact) mass is 423 g/mol. The predicted octanol–water partition coefficient (Wildman–Crippen LogP) is 4.44. The number of carbonyl (C=O) groups excluding carboxylic acids is 2. The van der Waals surface area contributed by atoms with E-state index in [2.05, 4.69) is 0 Å². The standard InChI is InChI=1S/C24H22FNO5/c1-29-20-10-2-16(3-11-20)14-26(19-8-9-19)23(27)15-30-24(28)22-13-12-21(31-22)17-4-6-18(25)7-5-17/h2-7,10-13,19H,8-9,14-15H2,1H3. The Morgan fingerprint density at radius 1 is 1.03 bits per heavy atom. The van der Waals surface area contributed by atoms with Crippen LogP contribution < -0.4 is 4.74 Å². The molecule has 0 radical (unpaired) electrons. The summed E-state index contributed by atoms with van der Waals surface area (Å²) in [6.07, 6.45) is 1.88. The summed E-state index contributed by atoms with van der Waals surface area (Å²) < 4.78 is 28.9. The molecule has 0 aliphatic heterocycles. The fourth-order valence-corrected chi connectivity index (χ4v) is 3.23. The molecule has 1 aliphatic rings. The van der Waals surface area contributed by atoms with Gasteiger partial charge >= 0.3 is 5.97 Å². The van der Waals surface area contributed by atoms with E-state index in [0.29, 0.717) is 17.9 Å². The maximum Gasteiger partial charge on any atom is 0.374 e. The zero-order valence-electron chi connectivity index (χ0n) is 17.0. The lowest BCUT2D eigenvalue weighted by Crippen LogP contribution is -2.36. The summed E-state index contributed by atoms with van der Waals surface area (Å²) in [7, 11) is 1.60. The molecule has 1 saturated carbocycles. The SMILES string of the molecule is COc1ccc(CN(C(=O)COC(=O)c2ccc(-c3ccc(F)cc3)o2)C2CC2)cc1. The highest BCUT2D eigenvalue weighted by atomic mass is 19.1. The Kier molecular flexibility index (Phi) is 6.02. The molecule has 160 valence electrons. The first-order valence-electron chi connectivity index (χ1n) is 9.99. The Balaban J connectivity index is 1.35. The number of furan rings is 1. The number of carbonyl (C=O) groups is 2. The maximum atomic E-state index is 13.1. The number of halogens is 1. The molecule has 0 spiro atoms. The molecule has 0 bridgehead atoms. The minimum Gasteiger partial charge on any atom is -0.497 e. The summed E-state index contributed by atoms with van der Waals surface area (Å²) in [6.45, 7) is 0.0819. The molecule has 31 heavy (non-hydrogen) atoms. The van der Waals surface area contributed by atoms with Gasteiger partial charge in [-0.2, -0.15) is 0 Å². The molecular weight excluding hydrogens is 401 g/mol. The third-order valence-corrected chi connectivity index (χ3v) is 5.08. The van der Waals surface area contributed by atoms with E-state index in [1.165, 1.54) is 18.2 Å². The Morgan fingerprint density at radius 3 is 2.39 bits per heavy atom. The van der Waals surface area contributed by atoms with Crippen molar-refractivity contribution in [2.75, 3.05) is 13.7 Å². The lowest BCUT2D eigenvalue weighted by Gasteiger charge is -2.22. The van der Waals surface area contributed by atoms with Crippen molar-refractivity contribution in [3.8, 4) is 17.1 Å². The van der Waals surface area contributed by atoms with E-state index >= 15 is 0 Å². The summed E-state index contributed by atoms with van der Waals surface area (Å²) in [5.74, 6) is -0.180. The second-order valence-corrected chi connectivity index (χ2v) is 7.35. The van der Waals surface area contributed by atoms with E-state index in [1.54, 1.807) is 30.2 Å². The number of rotatable bonds is 8.